The number of hydrogen-bond donors (Lipinski definition) is 1. The van der Waals surface area contributed by atoms with Crippen molar-refractivity contribution in [2.75, 3.05) is 33.3 Å². The monoisotopic (exact) mass is 376 g/mol. The van der Waals surface area contributed by atoms with Gasteiger partial charge in [-0.3, -0.25) is 4.90 Å². The zero-order valence-electron chi connectivity index (χ0n) is 17.0. The van der Waals surface area contributed by atoms with Crippen LogP contribution in [-0.2, 0) is 13.0 Å². The maximum atomic E-state index is 8.81. The van der Waals surface area contributed by atoms with Crippen LogP contribution in [0.5, 0.6) is 0 Å². The first-order chi connectivity index (χ1) is 13.7. The Morgan fingerprint density at radius 2 is 1.86 bits per heavy atom. The molecule has 0 spiro atoms. The van der Waals surface area contributed by atoms with Gasteiger partial charge < -0.3 is 10.0 Å². The molecule has 0 unspecified atom stereocenters. The van der Waals surface area contributed by atoms with Crippen molar-refractivity contribution in [3.8, 4) is 11.8 Å². The van der Waals surface area contributed by atoms with Crippen molar-refractivity contribution >= 4 is 0 Å². The Hall–Kier alpha value is -2.12. The van der Waals surface area contributed by atoms with E-state index in [1.807, 2.05) is 0 Å². The number of rotatable bonds is 7. The van der Waals surface area contributed by atoms with Gasteiger partial charge in [-0.25, -0.2) is 0 Å². The summed E-state index contributed by atoms with van der Waals surface area (Å²) in [6.45, 7) is 4.57. The minimum Gasteiger partial charge on any atom is -0.395 e. The number of nitrogens with zero attached hydrogens (tertiary/aromatic N) is 2. The molecule has 1 atom stereocenters. The van der Waals surface area contributed by atoms with Gasteiger partial charge >= 0.3 is 0 Å². The molecule has 2 aromatic carbocycles. The van der Waals surface area contributed by atoms with Crippen LogP contribution >= 0.6 is 0 Å². The van der Waals surface area contributed by atoms with Gasteiger partial charge in [0, 0.05) is 37.7 Å². The molecule has 1 aliphatic heterocycles. The summed E-state index contributed by atoms with van der Waals surface area (Å²) in [5.74, 6) is 6.07. The lowest BCUT2D eigenvalue weighted by Gasteiger charge is -2.37. The van der Waals surface area contributed by atoms with Crippen molar-refractivity contribution in [2.24, 2.45) is 0 Å². The number of aliphatic hydroxyl groups is 1. The molecule has 0 bridgehead atoms. The summed E-state index contributed by atoms with van der Waals surface area (Å²) in [4.78, 5) is 5.12. The fraction of sp³-hybridized carbons (Fsp3) is 0.440. The van der Waals surface area contributed by atoms with Crippen LogP contribution in [0.25, 0.3) is 0 Å². The molecule has 0 aromatic heterocycles. The third-order valence-electron chi connectivity index (χ3n) is 5.53. The van der Waals surface area contributed by atoms with Crippen molar-refractivity contribution in [1.29, 1.82) is 0 Å². The van der Waals surface area contributed by atoms with Crippen LogP contribution in [0.15, 0.2) is 54.6 Å². The molecule has 28 heavy (non-hydrogen) atoms. The summed E-state index contributed by atoms with van der Waals surface area (Å²) in [5.41, 5.74) is 3.79. The predicted molar refractivity (Wildman–Crippen MR) is 116 cm³/mol. The molecule has 0 amide bonds. The molecule has 3 heteroatoms. The van der Waals surface area contributed by atoms with E-state index in [0.29, 0.717) is 12.5 Å². The minimum atomic E-state index is 0.126. The third-order valence-corrected chi connectivity index (χ3v) is 5.53. The summed E-state index contributed by atoms with van der Waals surface area (Å²) in [5, 5.41) is 8.81. The van der Waals surface area contributed by atoms with Gasteiger partial charge in [-0.2, -0.15) is 0 Å². The Morgan fingerprint density at radius 1 is 1.07 bits per heavy atom. The summed E-state index contributed by atoms with van der Waals surface area (Å²) in [7, 11) is 2.27. The van der Waals surface area contributed by atoms with E-state index >= 15 is 0 Å². The Labute approximate surface area is 170 Å². The lowest BCUT2D eigenvalue weighted by molar-refractivity contribution is 0.112. The molecule has 0 aliphatic carbocycles. The fourth-order valence-corrected chi connectivity index (χ4v) is 3.84. The number of benzene rings is 2. The zero-order chi connectivity index (χ0) is 19.6. The lowest BCUT2D eigenvalue weighted by Crippen LogP contribution is -2.46. The van der Waals surface area contributed by atoms with Gasteiger partial charge in [0.25, 0.3) is 0 Å². The molecular weight excluding hydrogens is 344 g/mol. The van der Waals surface area contributed by atoms with Crippen molar-refractivity contribution < 1.29 is 5.11 Å². The molecule has 1 fully saturated rings. The van der Waals surface area contributed by atoms with E-state index in [1.54, 1.807) is 0 Å². The van der Waals surface area contributed by atoms with E-state index in [1.165, 1.54) is 30.5 Å². The SMILES string of the molecule is CN(CCc1ccccc1)[C@@H]1CCCN(Cc2ccc(C#CCCO)cc2)C1. The van der Waals surface area contributed by atoms with Crippen LogP contribution in [0.4, 0.5) is 0 Å². The summed E-state index contributed by atoms with van der Waals surface area (Å²) in [6, 6.07) is 20.0. The topological polar surface area (TPSA) is 26.7 Å². The Kier molecular flexibility index (Phi) is 8.11. The molecule has 2 aromatic rings. The minimum absolute atomic E-state index is 0.126. The third kappa shape index (κ3) is 6.49. The van der Waals surface area contributed by atoms with E-state index in [-0.39, 0.29) is 6.61 Å². The Morgan fingerprint density at radius 3 is 2.61 bits per heavy atom. The summed E-state index contributed by atoms with van der Waals surface area (Å²) < 4.78 is 0. The Balaban J connectivity index is 1.48. The second-order valence-electron chi connectivity index (χ2n) is 7.72. The zero-order valence-corrected chi connectivity index (χ0v) is 17.0. The van der Waals surface area contributed by atoms with Gasteiger partial charge in [-0.05, 0) is 56.1 Å². The average Bonchev–Trinajstić information content (AvgIpc) is 2.74. The molecule has 3 rings (SSSR count). The molecule has 1 heterocycles. The van der Waals surface area contributed by atoms with Gasteiger partial charge in [-0.15, -0.1) is 0 Å². The molecule has 1 saturated heterocycles. The van der Waals surface area contributed by atoms with E-state index < -0.39 is 0 Å². The highest BCUT2D eigenvalue weighted by atomic mass is 16.2. The summed E-state index contributed by atoms with van der Waals surface area (Å²) in [6.07, 6.45) is 4.22. The predicted octanol–water partition coefficient (Wildman–Crippen LogP) is 3.56. The van der Waals surface area contributed by atoms with E-state index in [9.17, 15) is 0 Å². The highest BCUT2D eigenvalue weighted by Gasteiger charge is 2.23. The standard InChI is InChI=1S/C25H32N2O/c1-26(18-16-22-8-3-2-4-9-22)25-11-7-17-27(21-25)20-24-14-12-23(13-15-24)10-5-6-19-28/h2-4,8-9,12-15,25,28H,6-7,11,16-21H2,1H3/t25-/m1/s1. The molecule has 1 N–H and O–H groups in total. The lowest BCUT2D eigenvalue weighted by atomic mass is 10.0. The summed E-state index contributed by atoms with van der Waals surface area (Å²) >= 11 is 0. The first kappa shape index (κ1) is 20.6. The second-order valence-corrected chi connectivity index (χ2v) is 7.72. The Bertz CT molecular complexity index is 761. The number of aliphatic hydroxyl groups excluding tert-OH is 1. The van der Waals surface area contributed by atoms with E-state index in [2.05, 4.69) is 83.3 Å². The maximum absolute atomic E-state index is 8.81. The molecule has 148 valence electrons. The largest absolute Gasteiger partial charge is 0.395 e. The van der Waals surface area contributed by atoms with Crippen LogP contribution in [-0.4, -0.2) is 54.2 Å². The smallest absolute Gasteiger partial charge is 0.0540 e. The quantitative estimate of drug-likeness (QED) is 0.749. The number of piperidine rings is 1. The number of likely N-dealkylation sites (N-methyl/N-ethyl adjacent to an activating group) is 1. The molecule has 3 nitrogen and oxygen atoms in total. The van der Waals surface area contributed by atoms with Crippen LogP contribution in [0.1, 0.15) is 36.0 Å². The molecule has 0 saturated carbocycles. The van der Waals surface area contributed by atoms with Crippen molar-refractivity contribution in [1.82, 2.24) is 9.80 Å². The first-order valence-electron chi connectivity index (χ1n) is 10.4. The van der Waals surface area contributed by atoms with Gasteiger partial charge in [0.1, 0.15) is 0 Å². The average molecular weight is 377 g/mol. The highest BCUT2D eigenvalue weighted by Crippen LogP contribution is 2.18. The van der Waals surface area contributed by atoms with Crippen LogP contribution in [0.3, 0.4) is 0 Å². The van der Waals surface area contributed by atoms with E-state index in [4.69, 9.17) is 5.11 Å². The van der Waals surface area contributed by atoms with Gasteiger partial charge in [0.05, 0.1) is 6.61 Å². The van der Waals surface area contributed by atoms with Gasteiger partial charge in [0.2, 0.25) is 0 Å². The maximum Gasteiger partial charge on any atom is 0.0540 e. The van der Waals surface area contributed by atoms with Crippen LogP contribution in [0.2, 0.25) is 0 Å². The van der Waals surface area contributed by atoms with Crippen molar-refractivity contribution in [3.05, 3.63) is 71.3 Å². The number of hydrogen-bond acceptors (Lipinski definition) is 3. The first-order valence-corrected chi connectivity index (χ1v) is 10.4. The van der Waals surface area contributed by atoms with Gasteiger partial charge in [0.15, 0.2) is 0 Å². The van der Waals surface area contributed by atoms with Crippen molar-refractivity contribution in [2.45, 2.75) is 38.3 Å². The van der Waals surface area contributed by atoms with E-state index in [0.717, 1.165) is 31.6 Å². The fourth-order valence-electron chi connectivity index (χ4n) is 3.84. The van der Waals surface area contributed by atoms with Crippen molar-refractivity contribution in [3.63, 3.8) is 0 Å². The second kappa shape index (κ2) is 11.0. The molecule has 1 aliphatic rings. The number of likely N-dealkylation sites (tertiary alicyclic amines) is 1. The van der Waals surface area contributed by atoms with Crippen LogP contribution in [0, 0.1) is 11.8 Å². The molecule has 0 radical (unpaired) electrons. The normalized spacial score (nSPS) is 17.3. The molecular formula is C25H32N2O. The van der Waals surface area contributed by atoms with Gasteiger partial charge in [-0.1, -0.05) is 54.3 Å². The highest BCUT2D eigenvalue weighted by molar-refractivity contribution is 5.36. The van der Waals surface area contributed by atoms with Crippen LogP contribution < -0.4 is 0 Å².